The minimum absolute atomic E-state index is 0.0961. The van der Waals surface area contributed by atoms with E-state index in [1.54, 1.807) is 30.1 Å². The molecule has 0 saturated heterocycles. The average molecular weight is 352 g/mol. The minimum Gasteiger partial charge on any atom is -0.440 e. The Kier molecular flexibility index (Phi) is 5.38. The predicted octanol–water partition coefficient (Wildman–Crippen LogP) is 4.15. The number of benzene rings is 2. The number of hydrogen-bond acceptors (Lipinski definition) is 4. The molecule has 0 aliphatic rings. The van der Waals surface area contributed by atoms with Crippen molar-refractivity contribution in [3.05, 3.63) is 65.5 Å². The molecule has 1 N–H and O–H groups in total. The van der Waals surface area contributed by atoms with E-state index >= 15 is 0 Å². The maximum atomic E-state index is 12.7. The molecule has 0 aliphatic heterocycles. The van der Waals surface area contributed by atoms with E-state index in [-0.39, 0.29) is 11.8 Å². The smallest absolute Gasteiger partial charge is 0.253 e. The van der Waals surface area contributed by atoms with E-state index in [1.807, 2.05) is 44.2 Å². The van der Waals surface area contributed by atoms with Gasteiger partial charge < -0.3 is 14.4 Å². The minimum atomic E-state index is -0.585. The van der Waals surface area contributed by atoms with Crippen LogP contribution >= 0.6 is 0 Å². The van der Waals surface area contributed by atoms with Crippen molar-refractivity contribution in [2.24, 2.45) is 0 Å². The van der Waals surface area contributed by atoms with Crippen molar-refractivity contribution in [2.75, 3.05) is 13.6 Å². The number of carbonyl (C=O) groups excluding carboxylic acids is 1. The quantitative estimate of drug-likeness (QED) is 0.724. The second kappa shape index (κ2) is 7.70. The molecule has 1 heterocycles. The van der Waals surface area contributed by atoms with Crippen molar-refractivity contribution in [2.45, 2.75) is 32.3 Å². The number of aromatic nitrogens is 1. The number of rotatable bonds is 6. The normalized spacial score (nSPS) is 12.5. The first-order chi connectivity index (χ1) is 12.5. The number of aliphatic hydroxyl groups is 1. The summed E-state index contributed by atoms with van der Waals surface area (Å²) < 4.78 is 5.68. The van der Waals surface area contributed by atoms with Gasteiger partial charge in [-0.1, -0.05) is 44.2 Å². The van der Waals surface area contributed by atoms with Crippen LogP contribution in [0.25, 0.3) is 11.1 Å². The van der Waals surface area contributed by atoms with Crippen LogP contribution in [0.3, 0.4) is 0 Å². The number of oxazole rings is 1. The number of fused-ring (bicyclic) bond motifs is 1. The highest BCUT2D eigenvalue weighted by atomic mass is 16.3. The van der Waals surface area contributed by atoms with Gasteiger partial charge in [-0.25, -0.2) is 4.98 Å². The van der Waals surface area contributed by atoms with Crippen LogP contribution in [0, 0.1) is 0 Å². The lowest BCUT2D eigenvalue weighted by Gasteiger charge is -2.19. The van der Waals surface area contributed by atoms with Gasteiger partial charge in [-0.05, 0) is 30.2 Å². The average Bonchev–Trinajstić information content (AvgIpc) is 3.09. The van der Waals surface area contributed by atoms with Crippen LogP contribution in [0.1, 0.15) is 54.1 Å². The Balaban J connectivity index is 1.67. The monoisotopic (exact) mass is 352 g/mol. The zero-order chi connectivity index (χ0) is 18.7. The highest BCUT2D eigenvalue weighted by Gasteiger charge is 2.16. The molecule has 3 rings (SSSR count). The number of aliphatic hydroxyl groups excluding tert-OH is 1. The van der Waals surface area contributed by atoms with Crippen LogP contribution in [-0.4, -0.2) is 34.5 Å². The van der Waals surface area contributed by atoms with Crippen LogP contribution in [0.15, 0.2) is 52.9 Å². The van der Waals surface area contributed by atoms with Crippen molar-refractivity contribution < 1.29 is 14.3 Å². The molecule has 0 bridgehead atoms. The predicted molar refractivity (Wildman–Crippen MR) is 101 cm³/mol. The molecule has 0 radical (unpaired) electrons. The number of nitrogens with zero attached hydrogens (tertiary/aromatic N) is 2. The van der Waals surface area contributed by atoms with Gasteiger partial charge in [0.25, 0.3) is 5.91 Å². The van der Waals surface area contributed by atoms with Gasteiger partial charge in [0.15, 0.2) is 11.5 Å². The summed E-state index contributed by atoms with van der Waals surface area (Å²) in [5.74, 6) is 0.772. The van der Waals surface area contributed by atoms with E-state index in [4.69, 9.17) is 4.42 Å². The molecule has 0 fully saturated rings. The standard InChI is InChI=1S/C21H24N2O3/c1-14(2)20-22-17-13-16(9-10-19(17)26-20)21(25)23(3)12-11-18(24)15-7-5-4-6-8-15/h4-10,13-14,18,24H,11-12H2,1-3H3/t18-/m1/s1. The summed E-state index contributed by atoms with van der Waals surface area (Å²) in [7, 11) is 1.74. The third-order valence-electron chi connectivity index (χ3n) is 4.41. The summed E-state index contributed by atoms with van der Waals surface area (Å²) >= 11 is 0. The number of hydrogen-bond donors (Lipinski definition) is 1. The van der Waals surface area contributed by atoms with E-state index in [0.717, 1.165) is 5.56 Å². The molecule has 1 aromatic heterocycles. The van der Waals surface area contributed by atoms with Gasteiger partial charge in [-0.3, -0.25) is 4.79 Å². The zero-order valence-electron chi connectivity index (χ0n) is 15.3. The molecule has 2 aromatic carbocycles. The Hall–Kier alpha value is -2.66. The first-order valence-corrected chi connectivity index (χ1v) is 8.84. The second-order valence-electron chi connectivity index (χ2n) is 6.83. The van der Waals surface area contributed by atoms with Crippen molar-refractivity contribution >= 4 is 17.0 Å². The third kappa shape index (κ3) is 3.94. The van der Waals surface area contributed by atoms with E-state index in [0.29, 0.717) is 35.5 Å². The van der Waals surface area contributed by atoms with Crippen LogP contribution in [0.4, 0.5) is 0 Å². The molecule has 26 heavy (non-hydrogen) atoms. The summed E-state index contributed by atoms with van der Waals surface area (Å²) in [6.07, 6.45) is -0.103. The van der Waals surface area contributed by atoms with Gasteiger partial charge in [0.2, 0.25) is 0 Å². The van der Waals surface area contributed by atoms with Gasteiger partial charge in [0.1, 0.15) is 5.52 Å². The Morgan fingerprint density at radius 2 is 1.92 bits per heavy atom. The molecule has 1 atom stereocenters. The number of carbonyl (C=O) groups is 1. The van der Waals surface area contributed by atoms with Gasteiger partial charge in [0.05, 0.1) is 6.10 Å². The topological polar surface area (TPSA) is 66.6 Å². The molecule has 0 saturated carbocycles. The highest BCUT2D eigenvalue weighted by Crippen LogP contribution is 2.23. The van der Waals surface area contributed by atoms with Gasteiger partial charge in [-0.15, -0.1) is 0 Å². The maximum absolute atomic E-state index is 12.7. The maximum Gasteiger partial charge on any atom is 0.253 e. The molecule has 0 unspecified atom stereocenters. The summed E-state index contributed by atoms with van der Waals surface area (Å²) in [5.41, 5.74) is 2.81. The van der Waals surface area contributed by atoms with E-state index in [1.165, 1.54) is 0 Å². The van der Waals surface area contributed by atoms with Crippen molar-refractivity contribution in [1.82, 2.24) is 9.88 Å². The van der Waals surface area contributed by atoms with Crippen LogP contribution < -0.4 is 0 Å². The molecular weight excluding hydrogens is 328 g/mol. The Labute approximate surface area is 153 Å². The number of amides is 1. The third-order valence-corrected chi connectivity index (χ3v) is 4.41. The van der Waals surface area contributed by atoms with E-state index in [9.17, 15) is 9.90 Å². The van der Waals surface area contributed by atoms with Crippen molar-refractivity contribution in [1.29, 1.82) is 0 Å². The Morgan fingerprint density at radius 1 is 1.19 bits per heavy atom. The first-order valence-electron chi connectivity index (χ1n) is 8.84. The summed E-state index contributed by atoms with van der Waals surface area (Å²) in [4.78, 5) is 18.7. The summed E-state index contributed by atoms with van der Waals surface area (Å²) in [6.45, 7) is 4.49. The molecule has 136 valence electrons. The molecule has 3 aromatic rings. The fourth-order valence-electron chi connectivity index (χ4n) is 2.80. The van der Waals surface area contributed by atoms with Crippen molar-refractivity contribution in [3.8, 4) is 0 Å². The lowest BCUT2D eigenvalue weighted by molar-refractivity contribution is 0.0761. The molecule has 0 aliphatic carbocycles. The zero-order valence-corrected chi connectivity index (χ0v) is 15.3. The molecule has 5 heteroatoms. The molecule has 5 nitrogen and oxygen atoms in total. The summed E-state index contributed by atoms with van der Waals surface area (Å²) in [6, 6.07) is 14.8. The lowest BCUT2D eigenvalue weighted by Crippen LogP contribution is -2.28. The summed E-state index contributed by atoms with van der Waals surface area (Å²) in [5, 5.41) is 10.3. The van der Waals surface area contributed by atoms with E-state index < -0.39 is 6.10 Å². The van der Waals surface area contributed by atoms with Gasteiger partial charge >= 0.3 is 0 Å². The largest absolute Gasteiger partial charge is 0.440 e. The van der Waals surface area contributed by atoms with Gasteiger partial charge in [0, 0.05) is 25.1 Å². The fourth-order valence-corrected chi connectivity index (χ4v) is 2.80. The Bertz CT molecular complexity index is 887. The first kappa shape index (κ1) is 18.1. The van der Waals surface area contributed by atoms with Crippen LogP contribution in [0.2, 0.25) is 0 Å². The van der Waals surface area contributed by atoms with Gasteiger partial charge in [-0.2, -0.15) is 0 Å². The van der Waals surface area contributed by atoms with Crippen LogP contribution in [0.5, 0.6) is 0 Å². The molecular formula is C21H24N2O3. The van der Waals surface area contributed by atoms with E-state index in [2.05, 4.69) is 4.98 Å². The SMILES string of the molecule is CC(C)c1nc2cc(C(=O)N(C)CC[C@@H](O)c3ccccc3)ccc2o1. The Morgan fingerprint density at radius 3 is 2.62 bits per heavy atom. The second-order valence-corrected chi connectivity index (χ2v) is 6.83. The molecule has 1 amide bonds. The lowest BCUT2D eigenvalue weighted by atomic mass is 10.1. The van der Waals surface area contributed by atoms with Crippen molar-refractivity contribution in [3.63, 3.8) is 0 Å². The van der Waals surface area contributed by atoms with Crippen LogP contribution in [-0.2, 0) is 0 Å². The fraction of sp³-hybridized carbons (Fsp3) is 0.333. The highest BCUT2D eigenvalue weighted by molar-refractivity contribution is 5.97. The molecule has 0 spiro atoms.